The van der Waals surface area contributed by atoms with E-state index in [-0.39, 0.29) is 5.41 Å². The SMILES string of the molecule is CC(C)(C)c1cccc(O)c1CC=Cc1ccccc1. The molecule has 0 bridgehead atoms. The number of allylic oxidation sites excluding steroid dienone is 1. The summed E-state index contributed by atoms with van der Waals surface area (Å²) in [6.45, 7) is 6.52. The molecule has 1 N–H and O–H groups in total. The van der Waals surface area contributed by atoms with E-state index in [4.69, 9.17) is 0 Å². The molecule has 0 saturated carbocycles. The van der Waals surface area contributed by atoms with E-state index in [0.29, 0.717) is 5.75 Å². The fourth-order valence-electron chi connectivity index (χ4n) is 2.37. The maximum Gasteiger partial charge on any atom is 0.119 e. The highest BCUT2D eigenvalue weighted by atomic mass is 16.3. The number of hydrogen-bond donors (Lipinski definition) is 1. The van der Waals surface area contributed by atoms with Crippen molar-refractivity contribution in [1.29, 1.82) is 0 Å². The average molecular weight is 266 g/mol. The Kier molecular flexibility index (Phi) is 4.29. The molecule has 104 valence electrons. The minimum Gasteiger partial charge on any atom is -0.508 e. The van der Waals surface area contributed by atoms with Gasteiger partial charge in [-0.2, -0.15) is 0 Å². The smallest absolute Gasteiger partial charge is 0.119 e. The number of phenolic OH excluding ortho intramolecular Hbond substituents is 1. The molecule has 0 fully saturated rings. The van der Waals surface area contributed by atoms with E-state index in [9.17, 15) is 5.11 Å². The van der Waals surface area contributed by atoms with E-state index in [1.807, 2.05) is 24.3 Å². The van der Waals surface area contributed by atoms with Crippen LogP contribution in [-0.2, 0) is 11.8 Å². The lowest BCUT2D eigenvalue weighted by Crippen LogP contribution is -2.14. The van der Waals surface area contributed by atoms with Gasteiger partial charge in [0, 0.05) is 5.56 Å². The molecule has 20 heavy (non-hydrogen) atoms. The first kappa shape index (κ1) is 14.4. The van der Waals surface area contributed by atoms with Crippen LogP contribution in [0, 0.1) is 0 Å². The highest BCUT2D eigenvalue weighted by molar-refractivity contribution is 5.51. The maximum atomic E-state index is 10.1. The first-order valence-electron chi connectivity index (χ1n) is 7.01. The molecular formula is C19H22O. The second-order valence-electron chi connectivity index (χ2n) is 6.07. The number of hydrogen-bond acceptors (Lipinski definition) is 1. The van der Waals surface area contributed by atoms with E-state index >= 15 is 0 Å². The molecule has 0 unspecified atom stereocenters. The van der Waals surface area contributed by atoms with Crippen molar-refractivity contribution >= 4 is 6.08 Å². The molecule has 0 atom stereocenters. The van der Waals surface area contributed by atoms with Crippen molar-refractivity contribution < 1.29 is 5.11 Å². The van der Waals surface area contributed by atoms with Crippen LogP contribution in [0.25, 0.3) is 6.08 Å². The number of aromatic hydroxyl groups is 1. The molecule has 0 aromatic heterocycles. The number of phenols is 1. The quantitative estimate of drug-likeness (QED) is 0.833. The molecule has 0 aliphatic carbocycles. The van der Waals surface area contributed by atoms with Crippen molar-refractivity contribution in [3.05, 3.63) is 71.3 Å². The van der Waals surface area contributed by atoms with E-state index in [2.05, 4.69) is 51.1 Å². The summed E-state index contributed by atoms with van der Waals surface area (Å²) in [6.07, 6.45) is 4.95. The second-order valence-corrected chi connectivity index (χ2v) is 6.07. The number of rotatable bonds is 3. The van der Waals surface area contributed by atoms with Crippen molar-refractivity contribution in [1.82, 2.24) is 0 Å². The molecular weight excluding hydrogens is 244 g/mol. The zero-order valence-electron chi connectivity index (χ0n) is 12.4. The predicted molar refractivity (Wildman–Crippen MR) is 86.0 cm³/mol. The van der Waals surface area contributed by atoms with Crippen LogP contribution in [0.2, 0.25) is 0 Å². The molecule has 2 aromatic carbocycles. The first-order valence-corrected chi connectivity index (χ1v) is 7.01. The molecule has 1 nitrogen and oxygen atoms in total. The van der Waals surface area contributed by atoms with Gasteiger partial charge in [-0.3, -0.25) is 0 Å². The van der Waals surface area contributed by atoms with Gasteiger partial charge in [-0.15, -0.1) is 0 Å². The lowest BCUT2D eigenvalue weighted by molar-refractivity contribution is 0.464. The minimum atomic E-state index is 0.0364. The van der Waals surface area contributed by atoms with E-state index in [0.717, 1.165) is 12.0 Å². The highest BCUT2D eigenvalue weighted by Gasteiger charge is 2.18. The van der Waals surface area contributed by atoms with E-state index in [1.54, 1.807) is 6.07 Å². The Hall–Kier alpha value is -2.02. The second kappa shape index (κ2) is 5.96. The lowest BCUT2D eigenvalue weighted by atomic mass is 9.82. The molecule has 0 saturated heterocycles. The Morgan fingerprint density at radius 1 is 0.950 bits per heavy atom. The zero-order chi connectivity index (χ0) is 14.6. The molecule has 2 aromatic rings. The van der Waals surface area contributed by atoms with Crippen LogP contribution in [-0.4, -0.2) is 5.11 Å². The summed E-state index contributed by atoms with van der Waals surface area (Å²) in [5.41, 5.74) is 3.44. The summed E-state index contributed by atoms with van der Waals surface area (Å²) in [4.78, 5) is 0. The van der Waals surface area contributed by atoms with E-state index < -0.39 is 0 Å². The van der Waals surface area contributed by atoms with Crippen LogP contribution in [0.15, 0.2) is 54.6 Å². The summed E-state index contributed by atoms with van der Waals surface area (Å²) in [5, 5.41) is 10.1. The van der Waals surface area contributed by atoms with Gasteiger partial charge in [0.1, 0.15) is 5.75 Å². The molecule has 0 amide bonds. The summed E-state index contributed by atoms with van der Waals surface area (Å²) in [7, 11) is 0. The van der Waals surface area contributed by atoms with E-state index in [1.165, 1.54) is 11.1 Å². The third kappa shape index (κ3) is 3.51. The summed E-state index contributed by atoms with van der Waals surface area (Å²) < 4.78 is 0. The topological polar surface area (TPSA) is 20.2 Å². The molecule has 1 heteroatoms. The largest absolute Gasteiger partial charge is 0.508 e. The molecule has 2 rings (SSSR count). The third-order valence-corrected chi connectivity index (χ3v) is 3.39. The average Bonchev–Trinajstić information content (AvgIpc) is 2.40. The zero-order valence-corrected chi connectivity index (χ0v) is 12.4. The highest BCUT2D eigenvalue weighted by Crippen LogP contribution is 2.31. The van der Waals surface area contributed by atoms with Crippen LogP contribution in [0.3, 0.4) is 0 Å². The maximum absolute atomic E-state index is 10.1. The molecule has 0 aliphatic rings. The van der Waals surface area contributed by atoms with Crippen LogP contribution >= 0.6 is 0 Å². The van der Waals surface area contributed by atoms with Crippen LogP contribution in [0.4, 0.5) is 0 Å². The summed E-state index contributed by atoms with van der Waals surface area (Å²) in [5.74, 6) is 0.384. The van der Waals surface area contributed by atoms with Crippen molar-refractivity contribution in [2.75, 3.05) is 0 Å². The molecule has 0 heterocycles. The number of benzene rings is 2. The van der Waals surface area contributed by atoms with Gasteiger partial charge < -0.3 is 5.11 Å². The van der Waals surface area contributed by atoms with Gasteiger partial charge >= 0.3 is 0 Å². The monoisotopic (exact) mass is 266 g/mol. The first-order chi connectivity index (χ1) is 9.48. The standard InChI is InChI=1S/C19H22O/c1-19(2,3)17-13-8-14-18(20)16(17)12-7-11-15-9-5-4-6-10-15/h4-11,13-14,20H,12H2,1-3H3. The van der Waals surface area contributed by atoms with Crippen molar-refractivity contribution in [3.63, 3.8) is 0 Å². The normalized spacial score (nSPS) is 11.9. The fraction of sp³-hybridized carbons (Fsp3) is 0.263. The van der Waals surface area contributed by atoms with Crippen LogP contribution < -0.4 is 0 Å². The minimum absolute atomic E-state index is 0.0364. The van der Waals surface area contributed by atoms with Gasteiger partial charge in [-0.05, 0) is 29.0 Å². The molecule has 0 aliphatic heterocycles. The van der Waals surface area contributed by atoms with Gasteiger partial charge in [-0.1, -0.05) is 75.4 Å². The molecule has 0 radical (unpaired) electrons. The van der Waals surface area contributed by atoms with Gasteiger partial charge in [0.15, 0.2) is 0 Å². The Morgan fingerprint density at radius 2 is 1.65 bits per heavy atom. The lowest BCUT2D eigenvalue weighted by Gasteiger charge is -2.23. The Balaban J connectivity index is 2.24. The van der Waals surface area contributed by atoms with Crippen molar-refractivity contribution in [2.45, 2.75) is 32.6 Å². The van der Waals surface area contributed by atoms with Crippen molar-refractivity contribution in [3.8, 4) is 5.75 Å². The van der Waals surface area contributed by atoms with Crippen LogP contribution in [0.1, 0.15) is 37.5 Å². The van der Waals surface area contributed by atoms with Crippen molar-refractivity contribution in [2.24, 2.45) is 0 Å². The Bertz CT molecular complexity index is 589. The Labute approximate surface area is 121 Å². The Morgan fingerprint density at radius 3 is 2.30 bits per heavy atom. The van der Waals surface area contributed by atoms with Gasteiger partial charge in [0.05, 0.1) is 0 Å². The third-order valence-electron chi connectivity index (χ3n) is 3.39. The van der Waals surface area contributed by atoms with Gasteiger partial charge in [0.25, 0.3) is 0 Å². The summed E-state index contributed by atoms with van der Waals surface area (Å²) >= 11 is 0. The predicted octanol–water partition coefficient (Wildman–Crippen LogP) is 4.95. The van der Waals surface area contributed by atoms with Gasteiger partial charge in [0.2, 0.25) is 0 Å². The van der Waals surface area contributed by atoms with Crippen LogP contribution in [0.5, 0.6) is 5.75 Å². The fourth-order valence-corrected chi connectivity index (χ4v) is 2.37. The van der Waals surface area contributed by atoms with Gasteiger partial charge in [-0.25, -0.2) is 0 Å². The molecule has 0 spiro atoms. The summed E-state index contributed by atoms with van der Waals surface area (Å²) in [6, 6.07) is 16.0.